The number of anilines is 1. The van der Waals surface area contributed by atoms with Crippen molar-refractivity contribution in [1.82, 2.24) is 5.32 Å². The molecule has 1 aromatic carbocycles. The Bertz CT molecular complexity index is 517. The molecule has 0 aromatic heterocycles. The van der Waals surface area contributed by atoms with Crippen molar-refractivity contribution in [2.24, 2.45) is 0 Å². The van der Waals surface area contributed by atoms with Gasteiger partial charge in [0.1, 0.15) is 5.69 Å². The van der Waals surface area contributed by atoms with E-state index in [2.05, 4.69) is 10.6 Å². The van der Waals surface area contributed by atoms with Crippen LogP contribution in [0.25, 0.3) is 0 Å². The lowest BCUT2D eigenvalue weighted by molar-refractivity contribution is -0.393. The Morgan fingerprint density at radius 2 is 1.95 bits per heavy atom. The number of hydrogen-bond donors (Lipinski definition) is 2. The van der Waals surface area contributed by atoms with Gasteiger partial charge in [0, 0.05) is 26.1 Å². The van der Waals surface area contributed by atoms with Gasteiger partial charge in [0.25, 0.3) is 11.4 Å². The van der Waals surface area contributed by atoms with Crippen LogP contribution in [0.5, 0.6) is 0 Å². The van der Waals surface area contributed by atoms with E-state index in [4.69, 9.17) is 0 Å². The van der Waals surface area contributed by atoms with Crippen LogP contribution in [0, 0.1) is 20.2 Å². The third-order valence-corrected chi connectivity index (χ3v) is 2.34. The Labute approximate surface area is 107 Å². The number of nitrogens with zero attached hydrogens (tertiary/aromatic N) is 2. The number of carbonyl (C=O) groups is 1. The van der Waals surface area contributed by atoms with Crippen LogP contribution in [0.4, 0.5) is 17.1 Å². The molecule has 2 N–H and O–H groups in total. The van der Waals surface area contributed by atoms with Crippen LogP contribution in [0.1, 0.15) is 6.42 Å². The van der Waals surface area contributed by atoms with Crippen molar-refractivity contribution in [2.45, 2.75) is 6.42 Å². The van der Waals surface area contributed by atoms with E-state index >= 15 is 0 Å². The molecule has 9 nitrogen and oxygen atoms in total. The van der Waals surface area contributed by atoms with Gasteiger partial charge in [-0.3, -0.25) is 25.0 Å². The molecule has 0 saturated heterocycles. The van der Waals surface area contributed by atoms with E-state index in [1.165, 1.54) is 13.1 Å². The Hall–Kier alpha value is -2.71. The maximum absolute atomic E-state index is 11.0. The van der Waals surface area contributed by atoms with E-state index in [1.807, 2.05) is 0 Å². The van der Waals surface area contributed by atoms with E-state index in [0.29, 0.717) is 0 Å². The van der Waals surface area contributed by atoms with E-state index < -0.39 is 15.5 Å². The number of hydrogen-bond acceptors (Lipinski definition) is 6. The summed E-state index contributed by atoms with van der Waals surface area (Å²) in [5.41, 5.74) is -0.617. The molecule has 0 saturated carbocycles. The lowest BCUT2D eigenvalue weighted by atomic mass is 10.2. The van der Waals surface area contributed by atoms with Gasteiger partial charge in [-0.15, -0.1) is 0 Å². The highest BCUT2D eigenvalue weighted by Gasteiger charge is 2.19. The molecule has 1 rings (SSSR count). The van der Waals surface area contributed by atoms with Crippen molar-refractivity contribution < 1.29 is 14.6 Å². The predicted octanol–water partition coefficient (Wildman–Crippen LogP) is 1.05. The van der Waals surface area contributed by atoms with Gasteiger partial charge in [-0.1, -0.05) is 0 Å². The largest absolute Gasteiger partial charge is 0.379 e. The number of benzene rings is 1. The lowest BCUT2D eigenvalue weighted by Crippen LogP contribution is -2.21. The fourth-order valence-corrected chi connectivity index (χ4v) is 1.37. The van der Waals surface area contributed by atoms with Gasteiger partial charge in [-0.2, -0.15) is 0 Å². The SMILES string of the molecule is CNC(=O)CCNc1ccc([N+](=O)[O-])cc1[N+](=O)[O-]. The topological polar surface area (TPSA) is 127 Å². The molecule has 102 valence electrons. The van der Waals surface area contributed by atoms with Gasteiger partial charge >= 0.3 is 0 Å². The average Bonchev–Trinajstić information content (AvgIpc) is 2.38. The molecule has 0 aliphatic rings. The highest BCUT2D eigenvalue weighted by atomic mass is 16.6. The zero-order valence-corrected chi connectivity index (χ0v) is 10.1. The standard InChI is InChI=1S/C10H12N4O5/c1-11-10(15)4-5-12-8-3-2-7(13(16)17)6-9(8)14(18)19/h2-3,6,12H,4-5H2,1H3,(H,11,15). The number of non-ortho nitro benzene ring substituents is 1. The van der Waals surface area contributed by atoms with Crippen molar-refractivity contribution in [3.8, 4) is 0 Å². The van der Waals surface area contributed by atoms with Gasteiger partial charge < -0.3 is 10.6 Å². The Morgan fingerprint density at radius 1 is 1.26 bits per heavy atom. The van der Waals surface area contributed by atoms with Gasteiger partial charge in [-0.25, -0.2) is 0 Å². The number of nitrogens with one attached hydrogen (secondary N) is 2. The molecule has 0 unspecified atom stereocenters. The molecule has 0 bridgehead atoms. The van der Waals surface area contributed by atoms with Gasteiger partial charge in [-0.05, 0) is 6.07 Å². The first kappa shape index (κ1) is 14.4. The molecule has 19 heavy (non-hydrogen) atoms. The number of amides is 1. The predicted molar refractivity (Wildman–Crippen MR) is 66.9 cm³/mol. The first-order valence-corrected chi connectivity index (χ1v) is 5.33. The van der Waals surface area contributed by atoms with E-state index in [9.17, 15) is 25.0 Å². The van der Waals surface area contributed by atoms with Crippen molar-refractivity contribution in [1.29, 1.82) is 0 Å². The lowest BCUT2D eigenvalue weighted by Gasteiger charge is -2.06. The molecule has 0 atom stereocenters. The minimum atomic E-state index is -0.713. The van der Waals surface area contributed by atoms with Crippen LogP contribution in [-0.2, 0) is 4.79 Å². The van der Waals surface area contributed by atoms with Crippen molar-refractivity contribution >= 4 is 23.0 Å². The normalized spacial score (nSPS) is 9.74. The minimum absolute atomic E-state index is 0.138. The molecule has 9 heteroatoms. The number of rotatable bonds is 6. The second-order valence-electron chi connectivity index (χ2n) is 3.57. The maximum Gasteiger partial charge on any atom is 0.299 e. The molecule has 0 radical (unpaired) electrons. The van der Waals surface area contributed by atoms with Crippen LogP contribution in [0.2, 0.25) is 0 Å². The Kier molecular flexibility index (Phi) is 4.75. The van der Waals surface area contributed by atoms with E-state index in [1.54, 1.807) is 0 Å². The third kappa shape index (κ3) is 3.91. The maximum atomic E-state index is 11.0. The Balaban J connectivity index is 2.85. The fourth-order valence-electron chi connectivity index (χ4n) is 1.37. The Morgan fingerprint density at radius 3 is 2.47 bits per heavy atom. The van der Waals surface area contributed by atoms with Gasteiger partial charge in [0.15, 0.2) is 0 Å². The van der Waals surface area contributed by atoms with Crippen molar-refractivity contribution in [3.05, 3.63) is 38.4 Å². The summed E-state index contributed by atoms with van der Waals surface area (Å²) in [4.78, 5) is 30.9. The summed E-state index contributed by atoms with van der Waals surface area (Å²) in [6.07, 6.45) is 0.143. The third-order valence-electron chi connectivity index (χ3n) is 2.34. The second-order valence-corrected chi connectivity index (χ2v) is 3.57. The van der Waals surface area contributed by atoms with Crippen molar-refractivity contribution in [3.63, 3.8) is 0 Å². The van der Waals surface area contributed by atoms with Crippen LogP contribution >= 0.6 is 0 Å². The molecule has 0 heterocycles. The summed E-state index contributed by atoms with van der Waals surface area (Å²) in [6, 6.07) is 3.29. The molecule has 0 aliphatic carbocycles. The zero-order chi connectivity index (χ0) is 14.4. The summed E-state index contributed by atoms with van der Waals surface area (Å²) in [5.74, 6) is -0.211. The molecular weight excluding hydrogens is 256 g/mol. The summed E-state index contributed by atoms with van der Waals surface area (Å²) < 4.78 is 0. The van der Waals surface area contributed by atoms with Gasteiger partial charge in [0.05, 0.1) is 15.9 Å². The van der Waals surface area contributed by atoms with Crippen LogP contribution in [-0.4, -0.2) is 29.3 Å². The highest BCUT2D eigenvalue weighted by molar-refractivity contribution is 5.76. The molecule has 0 fully saturated rings. The number of nitro groups is 2. The number of nitro benzene ring substituents is 2. The molecule has 1 amide bonds. The average molecular weight is 268 g/mol. The minimum Gasteiger partial charge on any atom is -0.379 e. The quantitative estimate of drug-likeness (QED) is 0.586. The summed E-state index contributed by atoms with van der Waals surface area (Å²) in [6.45, 7) is 0.193. The first-order valence-electron chi connectivity index (χ1n) is 5.33. The van der Waals surface area contributed by atoms with E-state index in [0.717, 1.165) is 12.1 Å². The summed E-state index contributed by atoms with van der Waals surface area (Å²) >= 11 is 0. The van der Waals surface area contributed by atoms with Gasteiger partial charge in [0.2, 0.25) is 5.91 Å². The smallest absolute Gasteiger partial charge is 0.299 e. The first-order chi connectivity index (χ1) is 8.95. The van der Waals surface area contributed by atoms with Crippen molar-refractivity contribution in [2.75, 3.05) is 18.9 Å². The van der Waals surface area contributed by atoms with Crippen LogP contribution < -0.4 is 10.6 Å². The molecule has 0 aliphatic heterocycles. The van der Waals surface area contributed by atoms with Crippen LogP contribution in [0.15, 0.2) is 18.2 Å². The highest BCUT2D eigenvalue weighted by Crippen LogP contribution is 2.28. The zero-order valence-electron chi connectivity index (χ0n) is 10.1. The fraction of sp³-hybridized carbons (Fsp3) is 0.300. The molecule has 0 spiro atoms. The molecular formula is C10H12N4O5. The summed E-state index contributed by atoms with van der Waals surface area (Å²) in [5, 5.41) is 26.5. The molecule has 1 aromatic rings. The second kappa shape index (κ2) is 6.28. The van der Waals surface area contributed by atoms with E-state index in [-0.39, 0.29) is 30.2 Å². The number of carbonyl (C=O) groups excluding carboxylic acids is 1. The summed E-state index contributed by atoms with van der Waals surface area (Å²) in [7, 11) is 1.48. The van der Waals surface area contributed by atoms with Crippen LogP contribution in [0.3, 0.4) is 0 Å². The monoisotopic (exact) mass is 268 g/mol.